The highest BCUT2D eigenvalue weighted by molar-refractivity contribution is 7.89. The van der Waals surface area contributed by atoms with E-state index < -0.39 is 10.0 Å². The van der Waals surface area contributed by atoms with E-state index in [1.807, 2.05) is 0 Å². The van der Waals surface area contributed by atoms with E-state index in [2.05, 4.69) is 0 Å². The van der Waals surface area contributed by atoms with Crippen molar-refractivity contribution in [3.05, 3.63) is 29.8 Å². The monoisotopic (exact) mass is 189 g/mol. The molecule has 0 saturated carbocycles. The molecule has 0 atom stereocenters. The van der Waals surface area contributed by atoms with Crippen molar-refractivity contribution in [2.45, 2.75) is 11.8 Å². The van der Waals surface area contributed by atoms with Gasteiger partial charge in [-0.3, -0.25) is 0 Å². The van der Waals surface area contributed by atoms with Gasteiger partial charge >= 0.3 is 0 Å². The molecule has 1 rings (SSSR count). The number of nitrogens with two attached hydrogens (primary N) is 1. The molecule has 1 aromatic carbocycles. The van der Waals surface area contributed by atoms with Crippen molar-refractivity contribution in [1.29, 1.82) is 0 Å². The second-order valence-electron chi connectivity index (χ2n) is 2.31. The average Bonchev–Trinajstić information content (AvgIpc) is 1.86. The van der Waals surface area contributed by atoms with E-state index in [1.165, 1.54) is 6.07 Å². The summed E-state index contributed by atoms with van der Waals surface area (Å²) in [4.78, 5) is 0.194. The Morgan fingerprint density at radius 2 is 1.75 bits per heavy atom. The molecule has 0 radical (unpaired) electrons. The van der Waals surface area contributed by atoms with Crippen molar-refractivity contribution in [3.8, 4) is 0 Å². The predicted octanol–water partition coefficient (Wildman–Crippen LogP) is -0.182. The van der Waals surface area contributed by atoms with E-state index >= 15 is 0 Å². The van der Waals surface area contributed by atoms with Crippen LogP contribution in [0.15, 0.2) is 29.2 Å². The number of primary sulfonamides is 1. The Bertz CT molecular complexity index is 359. The Kier molecular flexibility index (Phi) is 3.38. The molecule has 12 heavy (non-hydrogen) atoms. The fourth-order valence-electron chi connectivity index (χ4n) is 0.876. The lowest BCUT2D eigenvalue weighted by atomic mass is 10.2. The summed E-state index contributed by atoms with van der Waals surface area (Å²) in [5.41, 5.74) is 0.676. The summed E-state index contributed by atoms with van der Waals surface area (Å²) in [5.74, 6) is 0. The van der Waals surface area contributed by atoms with Crippen LogP contribution < -0.4 is 5.14 Å². The summed E-state index contributed by atoms with van der Waals surface area (Å²) >= 11 is 0. The van der Waals surface area contributed by atoms with Crippen molar-refractivity contribution >= 4 is 10.0 Å². The smallest absolute Gasteiger partial charge is 0.238 e. The van der Waals surface area contributed by atoms with Gasteiger partial charge in [-0.1, -0.05) is 18.2 Å². The molecule has 0 bridgehead atoms. The lowest BCUT2D eigenvalue weighted by Crippen LogP contribution is -2.13. The van der Waals surface area contributed by atoms with Gasteiger partial charge < -0.3 is 5.48 Å². The van der Waals surface area contributed by atoms with Gasteiger partial charge in [-0.25, -0.2) is 13.6 Å². The van der Waals surface area contributed by atoms with Gasteiger partial charge in [-0.05, 0) is 18.6 Å². The number of rotatable bonds is 1. The zero-order chi connectivity index (χ0) is 8.48. The molecule has 1 aromatic rings. The zero-order valence-electron chi connectivity index (χ0n) is 6.61. The van der Waals surface area contributed by atoms with Gasteiger partial charge in [0.05, 0.1) is 4.90 Å². The number of benzene rings is 1. The van der Waals surface area contributed by atoms with Gasteiger partial charge in [-0.15, -0.1) is 0 Å². The normalized spacial score (nSPS) is 10.5. The second-order valence-corrected chi connectivity index (χ2v) is 3.84. The highest BCUT2D eigenvalue weighted by atomic mass is 32.2. The van der Waals surface area contributed by atoms with Crippen LogP contribution in [0, 0.1) is 6.92 Å². The van der Waals surface area contributed by atoms with Crippen molar-refractivity contribution in [2.24, 2.45) is 5.14 Å². The quantitative estimate of drug-likeness (QED) is 0.663. The first-order valence-electron chi connectivity index (χ1n) is 3.10. The largest absolute Gasteiger partial charge is 0.412 e. The third kappa shape index (κ3) is 2.30. The van der Waals surface area contributed by atoms with E-state index in [4.69, 9.17) is 5.14 Å². The summed E-state index contributed by atoms with van der Waals surface area (Å²) in [5, 5.41) is 4.93. The molecule has 4 N–H and O–H groups in total. The molecule has 5 heteroatoms. The van der Waals surface area contributed by atoms with Crippen LogP contribution in [0.2, 0.25) is 0 Å². The maximum atomic E-state index is 10.8. The Morgan fingerprint density at radius 3 is 2.08 bits per heavy atom. The third-order valence-corrected chi connectivity index (χ3v) is 2.47. The molecule has 68 valence electrons. The SMILES string of the molecule is Cc1ccccc1S(N)(=O)=O.O. The van der Waals surface area contributed by atoms with Crippen LogP contribution in [-0.4, -0.2) is 13.9 Å². The minimum Gasteiger partial charge on any atom is -0.412 e. The van der Waals surface area contributed by atoms with Gasteiger partial charge in [0, 0.05) is 0 Å². The Balaban J connectivity index is 0.00000121. The molecular formula is C7H11NO3S. The van der Waals surface area contributed by atoms with Crippen LogP contribution >= 0.6 is 0 Å². The minimum atomic E-state index is -3.53. The topological polar surface area (TPSA) is 91.7 Å². The Labute approximate surface area is 71.4 Å². The highest BCUT2D eigenvalue weighted by Crippen LogP contribution is 2.10. The average molecular weight is 189 g/mol. The van der Waals surface area contributed by atoms with Gasteiger partial charge in [0.25, 0.3) is 0 Å². The standard InChI is InChI=1S/C7H9NO2S.H2O/c1-6-4-2-3-5-7(6)11(8,9)10;/h2-5H,1H3,(H2,8,9,10);1H2. The fraction of sp³-hybridized carbons (Fsp3) is 0.143. The van der Waals surface area contributed by atoms with Gasteiger partial charge in [0.2, 0.25) is 10.0 Å². The summed E-state index contributed by atoms with van der Waals surface area (Å²) in [6, 6.07) is 6.61. The van der Waals surface area contributed by atoms with Crippen molar-refractivity contribution in [1.82, 2.24) is 0 Å². The summed E-state index contributed by atoms with van der Waals surface area (Å²) in [6.07, 6.45) is 0. The third-order valence-electron chi connectivity index (χ3n) is 1.40. The maximum Gasteiger partial charge on any atom is 0.238 e. The van der Waals surface area contributed by atoms with E-state index in [0.29, 0.717) is 5.56 Å². The first kappa shape index (κ1) is 11.1. The van der Waals surface area contributed by atoms with Gasteiger partial charge in [0.15, 0.2) is 0 Å². The molecule has 0 aliphatic heterocycles. The molecule has 0 heterocycles. The predicted molar refractivity (Wildman–Crippen MR) is 46.2 cm³/mol. The second kappa shape index (κ2) is 3.66. The van der Waals surface area contributed by atoms with Crippen LogP contribution in [0.1, 0.15) is 5.56 Å². The Hall–Kier alpha value is -0.910. The molecule has 0 spiro atoms. The first-order chi connectivity index (χ1) is 5.02. The number of aryl methyl sites for hydroxylation is 1. The summed E-state index contributed by atoms with van der Waals surface area (Å²) in [7, 11) is -3.53. The molecule has 0 aliphatic carbocycles. The number of hydrogen-bond donors (Lipinski definition) is 1. The van der Waals surface area contributed by atoms with Crippen molar-refractivity contribution in [3.63, 3.8) is 0 Å². The molecule has 0 fully saturated rings. The van der Waals surface area contributed by atoms with Crippen LogP contribution in [-0.2, 0) is 10.0 Å². The number of hydrogen-bond acceptors (Lipinski definition) is 2. The molecule has 4 nitrogen and oxygen atoms in total. The van der Waals surface area contributed by atoms with Crippen LogP contribution in [0.25, 0.3) is 0 Å². The van der Waals surface area contributed by atoms with E-state index in [-0.39, 0.29) is 10.4 Å². The zero-order valence-corrected chi connectivity index (χ0v) is 7.43. The molecule has 0 aromatic heterocycles. The van der Waals surface area contributed by atoms with E-state index in [1.54, 1.807) is 25.1 Å². The summed E-state index contributed by atoms with van der Waals surface area (Å²) < 4.78 is 21.7. The van der Waals surface area contributed by atoms with Crippen LogP contribution in [0.5, 0.6) is 0 Å². The Morgan fingerprint density at radius 1 is 1.25 bits per heavy atom. The molecule has 0 saturated heterocycles. The highest BCUT2D eigenvalue weighted by Gasteiger charge is 2.08. The van der Waals surface area contributed by atoms with E-state index in [9.17, 15) is 8.42 Å². The lowest BCUT2D eigenvalue weighted by Gasteiger charge is -2.00. The van der Waals surface area contributed by atoms with Crippen LogP contribution in [0.3, 0.4) is 0 Å². The van der Waals surface area contributed by atoms with Crippen LogP contribution in [0.4, 0.5) is 0 Å². The molecule has 0 amide bonds. The number of sulfonamides is 1. The fourth-order valence-corrected chi connectivity index (χ4v) is 1.66. The van der Waals surface area contributed by atoms with Crippen molar-refractivity contribution < 1.29 is 13.9 Å². The maximum absolute atomic E-state index is 10.8. The molecular weight excluding hydrogens is 178 g/mol. The van der Waals surface area contributed by atoms with E-state index in [0.717, 1.165) is 0 Å². The molecule has 0 aliphatic rings. The molecule has 0 unspecified atom stereocenters. The van der Waals surface area contributed by atoms with Gasteiger partial charge in [-0.2, -0.15) is 0 Å². The minimum absolute atomic E-state index is 0. The van der Waals surface area contributed by atoms with Crippen molar-refractivity contribution in [2.75, 3.05) is 0 Å². The lowest BCUT2D eigenvalue weighted by molar-refractivity contribution is 0.597. The summed E-state index contributed by atoms with van der Waals surface area (Å²) in [6.45, 7) is 1.71. The van der Waals surface area contributed by atoms with Gasteiger partial charge in [0.1, 0.15) is 0 Å². The first-order valence-corrected chi connectivity index (χ1v) is 4.65.